The first-order chi connectivity index (χ1) is 10.8. The van der Waals surface area contributed by atoms with Gasteiger partial charge in [-0.05, 0) is 30.3 Å². The van der Waals surface area contributed by atoms with E-state index < -0.39 is 0 Å². The van der Waals surface area contributed by atoms with Crippen LogP contribution in [-0.2, 0) is 0 Å². The lowest BCUT2D eigenvalue weighted by atomic mass is 10.1. The summed E-state index contributed by atoms with van der Waals surface area (Å²) in [4.78, 5) is 11.2. The van der Waals surface area contributed by atoms with Gasteiger partial charge in [0.05, 0.1) is 17.2 Å². The van der Waals surface area contributed by atoms with Gasteiger partial charge in [0.2, 0.25) is 0 Å². The number of para-hydroxylation sites is 1. The highest BCUT2D eigenvalue weighted by atomic mass is 15.3. The van der Waals surface area contributed by atoms with Gasteiger partial charge in [0.15, 0.2) is 0 Å². The van der Waals surface area contributed by atoms with Crippen LogP contribution in [0.15, 0.2) is 54.7 Å². The van der Waals surface area contributed by atoms with Gasteiger partial charge < -0.3 is 16.0 Å². The van der Waals surface area contributed by atoms with Crippen molar-refractivity contribution in [3.05, 3.63) is 54.7 Å². The molecule has 0 saturated carbocycles. The van der Waals surface area contributed by atoms with Gasteiger partial charge in [-0.2, -0.15) is 0 Å². The number of fused-ring (bicyclic) bond motifs is 1. The number of nitrogen functional groups attached to an aromatic ring is 1. The molecule has 3 heterocycles. The number of benzene rings is 1. The third kappa shape index (κ3) is 2.30. The topological polar surface area (TPSA) is 67.1 Å². The van der Waals surface area contributed by atoms with Crippen molar-refractivity contribution >= 4 is 28.2 Å². The molecule has 0 aliphatic carbocycles. The monoisotopic (exact) mass is 291 g/mol. The number of nitrogens with two attached hydrogens (primary N) is 1. The van der Waals surface area contributed by atoms with Crippen LogP contribution in [0.4, 0.5) is 17.3 Å². The van der Waals surface area contributed by atoms with E-state index in [2.05, 4.69) is 33.4 Å². The number of hydrogen-bond donors (Lipinski definition) is 2. The maximum Gasteiger partial charge on any atom is 0.149 e. The van der Waals surface area contributed by atoms with Crippen molar-refractivity contribution in [2.24, 2.45) is 0 Å². The van der Waals surface area contributed by atoms with Gasteiger partial charge in [-0.3, -0.25) is 0 Å². The quantitative estimate of drug-likeness (QED) is 0.776. The van der Waals surface area contributed by atoms with E-state index >= 15 is 0 Å². The van der Waals surface area contributed by atoms with Crippen molar-refractivity contribution < 1.29 is 0 Å². The largest absolute Gasteiger partial charge is 0.396 e. The van der Waals surface area contributed by atoms with Crippen LogP contribution in [0.2, 0.25) is 0 Å². The Bertz CT molecular complexity index is 811. The van der Waals surface area contributed by atoms with E-state index in [-0.39, 0.29) is 0 Å². The minimum Gasteiger partial charge on any atom is -0.396 e. The zero-order valence-corrected chi connectivity index (χ0v) is 12.1. The third-order valence-electron chi connectivity index (χ3n) is 3.97. The molecule has 5 heteroatoms. The van der Waals surface area contributed by atoms with Gasteiger partial charge in [-0.25, -0.2) is 9.97 Å². The van der Waals surface area contributed by atoms with E-state index in [9.17, 15) is 0 Å². The average Bonchev–Trinajstić information content (AvgIpc) is 2.51. The molecule has 5 nitrogen and oxygen atoms in total. The smallest absolute Gasteiger partial charge is 0.149 e. The summed E-state index contributed by atoms with van der Waals surface area (Å²) in [5.74, 6) is 1.78. The zero-order chi connectivity index (χ0) is 14.9. The summed E-state index contributed by atoms with van der Waals surface area (Å²) in [6, 6.07) is 16.4. The summed E-state index contributed by atoms with van der Waals surface area (Å²) >= 11 is 0. The molecule has 110 valence electrons. The van der Waals surface area contributed by atoms with Crippen molar-refractivity contribution in [1.82, 2.24) is 9.97 Å². The molecule has 4 rings (SSSR count). The maximum atomic E-state index is 5.90. The Morgan fingerprint density at radius 3 is 2.77 bits per heavy atom. The summed E-state index contributed by atoms with van der Waals surface area (Å²) < 4.78 is 0. The number of nitrogens with zero attached hydrogens (tertiary/aromatic N) is 3. The van der Waals surface area contributed by atoms with Crippen molar-refractivity contribution in [1.29, 1.82) is 0 Å². The Kier molecular flexibility index (Phi) is 3.04. The highest BCUT2D eigenvalue weighted by molar-refractivity contribution is 5.80. The van der Waals surface area contributed by atoms with Crippen LogP contribution in [0.1, 0.15) is 0 Å². The molecule has 0 unspecified atom stereocenters. The van der Waals surface area contributed by atoms with E-state index in [0.717, 1.165) is 30.2 Å². The predicted octanol–water partition coefficient (Wildman–Crippen LogP) is 2.51. The molecule has 1 fully saturated rings. The van der Waals surface area contributed by atoms with Crippen molar-refractivity contribution in [3.63, 3.8) is 0 Å². The molecule has 3 aromatic rings. The molecule has 2 aromatic heterocycles. The molecule has 22 heavy (non-hydrogen) atoms. The van der Waals surface area contributed by atoms with Crippen LogP contribution in [-0.4, -0.2) is 29.1 Å². The molecule has 1 aromatic carbocycles. The van der Waals surface area contributed by atoms with Crippen molar-refractivity contribution in [2.45, 2.75) is 6.04 Å². The summed E-state index contributed by atoms with van der Waals surface area (Å²) in [6.07, 6.45) is 1.75. The summed E-state index contributed by atoms with van der Waals surface area (Å²) in [6.45, 7) is 1.81. The molecule has 1 saturated heterocycles. The van der Waals surface area contributed by atoms with Crippen molar-refractivity contribution in [2.75, 3.05) is 29.0 Å². The highest BCUT2D eigenvalue weighted by Gasteiger charge is 2.28. The lowest BCUT2D eigenvalue weighted by molar-refractivity contribution is 0.544. The summed E-state index contributed by atoms with van der Waals surface area (Å²) in [7, 11) is 0. The molecule has 0 amide bonds. The molecule has 0 radical (unpaired) electrons. The fraction of sp³-hybridized carbons (Fsp3) is 0.176. The fourth-order valence-electron chi connectivity index (χ4n) is 2.72. The van der Waals surface area contributed by atoms with Crippen LogP contribution in [0.3, 0.4) is 0 Å². The number of aromatic nitrogens is 2. The van der Waals surface area contributed by atoms with E-state index in [1.54, 1.807) is 6.20 Å². The maximum absolute atomic E-state index is 5.90. The molecule has 1 aliphatic rings. The Labute approximate surface area is 128 Å². The first kappa shape index (κ1) is 12.9. The van der Waals surface area contributed by atoms with E-state index in [1.807, 2.05) is 30.3 Å². The molecular formula is C17H17N5. The van der Waals surface area contributed by atoms with E-state index in [1.165, 1.54) is 5.39 Å². The second-order valence-corrected chi connectivity index (χ2v) is 5.55. The molecule has 3 N–H and O–H groups in total. The zero-order valence-electron chi connectivity index (χ0n) is 12.1. The first-order valence-electron chi connectivity index (χ1n) is 7.37. The number of hydrogen-bond acceptors (Lipinski definition) is 5. The van der Waals surface area contributed by atoms with Gasteiger partial charge in [0, 0.05) is 24.7 Å². The number of anilines is 3. The SMILES string of the molecule is Nc1cccnc1NC1CN(c2ccc3ccccc3n2)C1. The Morgan fingerprint density at radius 1 is 1.05 bits per heavy atom. The lowest BCUT2D eigenvalue weighted by Gasteiger charge is -2.40. The van der Waals surface area contributed by atoms with Crippen LogP contribution >= 0.6 is 0 Å². The molecule has 0 bridgehead atoms. The number of nitrogens with one attached hydrogen (secondary N) is 1. The summed E-state index contributed by atoms with van der Waals surface area (Å²) in [5.41, 5.74) is 7.62. The van der Waals surface area contributed by atoms with Crippen LogP contribution < -0.4 is 16.0 Å². The third-order valence-corrected chi connectivity index (χ3v) is 3.97. The average molecular weight is 291 g/mol. The second-order valence-electron chi connectivity index (χ2n) is 5.55. The minimum atomic E-state index is 0.352. The number of pyridine rings is 2. The number of rotatable bonds is 3. The Hall–Kier alpha value is -2.82. The van der Waals surface area contributed by atoms with Gasteiger partial charge in [0.25, 0.3) is 0 Å². The van der Waals surface area contributed by atoms with Crippen LogP contribution in [0.25, 0.3) is 10.9 Å². The van der Waals surface area contributed by atoms with Gasteiger partial charge in [-0.1, -0.05) is 18.2 Å². The van der Waals surface area contributed by atoms with Crippen molar-refractivity contribution in [3.8, 4) is 0 Å². The Morgan fingerprint density at radius 2 is 1.91 bits per heavy atom. The van der Waals surface area contributed by atoms with Gasteiger partial charge >= 0.3 is 0 Å². The van der Waals surface area contributed by atoms with Crippen LogP contribution in [0.5, 0.6) is 0 Å². The normalized spacial score (nSPS) is 14.8. The minimum absolute atomic E-state index is 0.352. The van der Waals surface area contributed by atoms with Gasteiger partial charge in [-0.15, -0.1) is 0 Å². The first-order valence-corrected chi connectivity index (χ1v) is 7.37. The van der Waals surface area contributed by atoms with Gasteiger partial charge in [0.1, 0.15) is 11.6 Å². The second kappa shape index (κ2) is 5.18. The highest BCUT2D eigenvalue weighted by Crippen LogP contribution is 2.24. The molecule has 1 aliphatic heterocycles. The fourth-order valence-corrected chi connectivity index (χ4v) is 2.72. The molecule has 0 spiro atoms. The molecular weight excluding hydrogens is 274 g/mol. The predicted molar refractivity (Wildman–Crippen MR) is 90.0 cm³/mol. The van der Waals surface area contributed by atoms with E-state index in [0.29, 0.717) is 11.7 Å². The molecule has 0 atom stereocenters. The standard InChI is InChI=1S/C17H17N5/c18-14-5-3-9-19-17(14)20-13-10-22(11-13)16-8-7-12-4-1-2-6-15(12)21-16/h1-9,13H,10-11,18H2,(H,19,20). The van der Waals surface area contributed by atoms with Crippen LogP contribution in [0, 0.1) is 0 Å². The lowest BCUT2D eigenvalue weighted by Crippen LogP contribution is -2.55. The Balaban J connectivity index is 1.45. The summed E-state index contributed by atoms with van der Waals surface area (Å²) in [5, 5.41) is 4.55. The van der Waals surface area contributed by atoms with E-state index in [4.69, 9.17) is 10.7 Å².